The SMILES string of the molecule is COc1cc(OC)cc(C(=O)Nc2nc3c(s2)CCC3C(N)=O)c1. The summed E-state index contributed by atoms with van der Waals surface area (Å²) in [5, 5.41) is 3.21. The van der Waals surface area contributed by atoms with Crippen molar-refractivity contribution in [1.29, 1.82) is 0 Å². The molecule has 0 bridgehead atoms. The summed E-state index contributed by atoms with van der Waals surface area (Å²) in [5.41, 5.74) is 6.47. The van der Waals surface area contributed by atoms with E-state index in [-0.39, 0.29) is 17.7 Å². The van der Waals surface area contributed by atoms with Crippen molar-refractivity contribution in [1.82, 2.24) is 4.98 Å². The topological polar surface area (TPSA) is 104 Å². The molecule has 0 radical (unpaired) electrons. The van der Waals surface area contributed by atoms with E-state index < -0.39 is 0 Å². The number of hydrogen-bond donors (Lipinski definition) is 2. The van der Waals surface area contributed by atoms with Crippen molar-refractivity contribution in [3.63, 3.8) is 0 Å². The minimum absolute atomic E-state index is 0.324. The number of primary amides is 1. The van der Waals surface area contributed by atoms with Crippen LogP contribution in [-0.4, -0.2) is 31.0 Å². The van der Waals surface area contributed by atoms with E-state index in [1.165, 1.54) is 25.6 Å². The van der Waals surface area contributed by atoms with Gasteiger partial charge in [-0.3, -0.25) is 14.9 Å². The molecule has 3 N–H and O–H groups in total. The quantitative estimate of drug-likeness (QED) is 0.860. The number of fused-ring (bicyclic) bond motifs is 1. The van der Waals surface area contributed by atoms with Crippen LogP contribution in [0, 0.1) is 0 Å². The number of rotatable bonds is 5. The molecular weight excluding hydrogens is 330 g/mol. The van der Waals surface area contributed by atoms with E-state index in [0.29, 0.717) is 34.3 Å². The normalized spacial score (nSPS) is 15.7. The molecule has 1 heterocycles. The molecule has 2 aromatic rings. The van der Waals surface area contributed by atoms with Gasteiger partial charge in [-0.25, -0.2) is 4.98 Å². The van der Waals surface area contributed by atoms with E-state index in [4.69, 9.17) is 15.2 Å². The highest BCUT2D eigenvalue weighted by molar-refractivity contribution is 7.16. The summed E-state index contributed by atoms with van der Waals surface area (Å²) in [7, 11) is 3.04. The Hall–Kier alpha value is -2.61. The largest absolute Gasteiger partial charge is 0.497 e. The molecule has 2 amide bonds. The van der Waals surface area contributed by atoms with Gasteiger partial charge in [0.05, 0.1) is 25.8 Å². The van der Waals surface area contributed by atoms with E-state index >= 15 is 0 Å². The van der Waals surface area contributed by atoms with Crippen molar-refractivity contribution < 1.29 is 19.1 Å². The summed E-state index contributed by atoms with van der Waals surface area (Å²) in [6, 6.07) is 4.92. The Labute approximate surface area is 142 Å². The number of anilines is 1. The van der Waals surface area contributed by atoms with Crippen LogP contribution in [0.5, 0.6) is 11.5 Å². The second-order valence-corrected chi connectivity index (χ2v) is 6.46. The van der Waals surface area contributed by atoms with Crippen LogP contribution >= 0.6 is 11.3 Å². The first-order valence-electron chi connectivity index (χ1n) is 7.35. The maximum atomic E-state index is 12.4. The lowest BCUT2D eigenvalue weighted by molar-refractivity contribution is -0.119. The van der Waals surface area contributed by atoms with E-state index in [1.807, 2.05) is 0 Å². The summed E-state index contributed by atoms with van der Waals surface area (Å²) in [6.07, 6.45) is 1.44. The summed E-state index contributed by atoms with van der Waals surface area (Å²) < 4.78 is 10.3. The van der Waals surface area contributed by atoms with Gasteiger partial charge in [-0.1, -0.05) is 0 Å². The number of nitrogens with zero attached hydrogens (tertiary/aromatic N) is 1. The molecule has 7 nitrogen and oxygen atoms in total. The molecule has 1 aromatic carbocycles. The first-order valence-corrected chi connectivity index (χ1v) is 8.16. The van der Waals surface area contributed by atoms with Crippen LogP contribution in [0.25, 0.3) is 0 Å². The summed E-state index contributed by atoms with van der Waals surface area (Å²) in [4.78, 5) is 29.2. The van der Waals surface area contributed by atoms with Crippen LogP contribution in [0.2, 0.25) is 0 Å². The van der Waals surface area contributed by atoms with Gasteiger partial charge in [-0.15, -0.1) is 11.3 Å². The third-order valence-corrected chi connectivity index (χ3v) is 4.94. The number of benzene rings is 1. The lowest BCUT2D eigenvalue weighted by Gasteiger charge is -2.08. The molecule has 1 aliphatic carbocycles. The van der Waals surface area contributed by atoms with Crippen molar-refractivity contribution in [2.24, 2.45) is 5.73 Å². The molecule has 0 saturated heterocycles. The molecule has 1 atom stereocenters. The molecule has 1 aromatic heterocycles. The van der Waals surface area contributed by atoms with Gasteiger partial charge in [0.2, 0.25) is 5.91 Å². The number of hydrogen-bond acceptors (Lipinski definition) is 6. The van der Waals surface area contributed by atoms with Crippen molar-refractivity contribution in [3.8, 4) is 11.5 Å². The van der Waals surface area contributed by atoms with E-state index in [0.717, 1.165) is 11.3 Å². The monoisotopic (exact) mass is 347 g/mol. The number of ether oxygens (including phenoxy) is 2. The van der Waals surface area contributed by atoms with Gasteiger partial charge >= 0.3 is 0 Å². The molecule has 24 heavy (non-hydrogen) atoms. The van der Waals surface area contributed by atoms with Crippen LogP contribution in [0.3, 0.4) is 0 Å². The number of aryl methyl sites for hydroxylation is 1. The second kappa shape index (κ2) is 6.48. The standard InChI is InChI=1S/C16H17N3O4S/c1-22-9-5-8(6-10(7-9)23-2)15(21)19-16-18-13-11(14(17)20)3-4-12(13)24-16/h5-7,11H,3-4H2,1-2H3,(H2,17,20)(H,18,19,21). The highest BCUT2D eigenvalue weighted by Gasteiger charge is 2.31. The first kappa shape index (κ1) is 16.3. The predicted octanol–water partition coefficient (Wildman–Crippen LogP) is 1.93. The fraction of sp³-hybridized carbons (Fsp3) is 0.312. The predicted molar refractivity (Wildman–Crippen MR) is 89.9 cm³/mol. The molecule has 0 spiro atoms. The summed E-state index contributed by atoms with van der Waals surface area (Å²) in [5.74, 6) is -0.0200. The van der Waals surface area contributed by atoms with Gasteiger partial charge in [0, 0.05) is 16.5 Å². The number of carbonyl (C=O) groups excluding carboxylic acids is 2. The van der Waals surface area contributed by atoms with Crippen molar-refractivity contribution in [2.45, 2.75) is 18.8 Å². The third kappa shape index (κ3) is 3.05. The van der Waals surface area contributed by atoms with E-state index in [9.17, 15) is 9.59 Å². The van der Waals surface area contributed by atoms with Crippen molar-refractivity contribution in [2.75, 3.05) is 19.5 Å². The van der Waals surface area contributed by atoms with E-state index in [1.54, 1.807) is 18.2 Å². The zero-order valence-electron chi connectivity index (χ0n) is 13.3. The molecule has 126 valence electrons. The fourth-order valence-corrected chi connectivity index (χ4v) is 3.70. The Kier molecular flexibility index (Phi) is 4.39. The van der Waals surface area contributed by atoms with Gasteiger partial charge in [-0.05, 0) is 25.0 Å². The molecule has 0 fully saturated rings. The van der Waals surface area contributed by atoms with Crippen molar-refractivity contribution >= 4 is 28.3 Å². The van der Waals surface area contributed by atoms with Crippen molar-refractivity contribution in [3.05, 3.63) is 34.3 Å². The van der Waals surface area contributed by atoms with E-state index in [2.05, 4.69) is 10.3 Å². The molecular formula is C16H17N3O4S. The molecule has 3 rings (SSSR count). The van der Waals surface area contributed by atoms with Crippen LogP contribution in [0.15, 0.2) is 18.2 Å². The van der Waals surface area contributed by atoms with Crippen LogP contribution in [0.1, 0.15) is 33.3 Å². The minimum Gasteiger partial charge on any atom is -0.497 e. The second-order valence-electron chi connectivity index (χ2n) is 5.38. The number of amides is 2. The van der Waals surface area contributed by atoms with Gasteiger partial charge in [0.15, 0.2) is 5.13 Å². The first-order chi connectivity index (χ1) is 11.5. The van der Waals surface area contributed by atoms with Gasteiger partial charge in [0.1, 0.15) is 11.5 Å². The molecule has 0 aliphatic heterocycles. The summed E-state index contributed by atoms with van der Waals surface area (Å²) >= 11 is 1.37. The minimum atomic E-state index is -0.380. The number of thiazole rings is 1. The number of nitrogens with two attached hydrogens (primary N) is 1. The Balaban J connectivity index is 1.81. The average Bonchev–Trinajstić information content (AvgIpc) is 3.13. The molecule has 1 unspecified atom stereocenters. The highest BCUT2D eigenvalue weighted by atomic mass is 32.1. The Morgan fingerprint density at radius 2 is 1.92 bits per heavy atom. The number of carbonyl (C=O) groups is 2. The Bertz CT molecular complexity index is 780. The fourth-order valence-electron chi connectivity index (χ4n) is 2.67. The lowest BCUT2D eigenvalue weighted by atomic mass is 10.1. The van der Waals surface area contributed by atoms with Gasteiger partial charge in [-0.2, -0.15) is 0 Å². The molecule has 0 saturated carbocycles. The highest BCUT2D eigenvalue weighted by Crippen LogP contribution is 2.38. The van der Waals surface area contributed by atoms with Crippen LogP contribution < -0.4 is 20.5 Å². The van der Waals surface area contributed by atoms with Crippen LogP contribution in [0.4, 0.5) is 5.13 Å². The zero-order chi connectivity index (χ0) is 17.3. The molecule has 1 aliphatic rings. The van der Waals surface area contributed by atoms with Gasteiger partial charge in [0.25, 0.3) is 5.91 Å². The number of aromatic nitrogens is 1. The zero-order valence-corrected chi connectivity index (χ0v) is 14.1. The number of methoxy groups -OCH3 is 2. The number of nitrogens with one attached hydrogen (secondary N) is 1. The summed E-state index contributed by atoms with van der Waals surface area (Å²) in [6.45, 7) is 0. The Morgan fingerprint density at radius 1 is 1.25 bits per heavy atom. The lowest BCUT2D eigenvalue weighted by Crippen LogP contribution is -2.20. The Morgan fingerprint density at radius 3 is 2.50 bits per heavy atom. The maximum absolute atomic E-state index is 12.4. The molecule has 8 heteroatoms. The third-order valence-electron chi connectivity index (χ3n) is 3.90. The maximum Gasteiger partial charge on any atom is 0.257 e. The average molecular weight is 347 g/mol. The van der Waals surface area contributed by atoms with Crippen LogP contribution in [-0.2, 0) is 11.2 Å². The van der Waals surface area contributed by atoms with Gasteiger partial charge < -0.3 is 15.2 Å². The smallest absolute Gasteiger partial charge is 0.257 e.